The molecule has 0 spiro atoms. The van der Waals surface area contributed by atoms with Gasteiger partial charge in [0.05, 0.1) is 14.2 Å². The van der Waals surface area contributed by atoms with E-state index in [1.54, 1.807) is 26.1 Å². The summed E-state index contributed by atoms with van der Waals surface area (Å²) in [6.45, 7) is 2.15. The molecule has 0 aromatic heterocycles. The molecule has 1 unspecified atom stereocenters. The monoisotopic (exact) mass is 298 g/mol. The van der Waals surface area contributed by atoms with Gasteiger partial charge in [0.15, 0.2) is 17.6 Å². The Hall–Kier alpha value is -2.15. The molecule has 0 saturated carbocycles. The molecule has 1 aromatic carbocycles. The van der Waals surface area contributed by atoms with Gasteiger partial charge in [-0.2, -0.15) is 0 Å². The number of ether oxygens (including phenoxy) is 1. The number of quaternary nitrogens is 1. The Bertz CT molecular complexity index is 522. The van der Waals surface area contributed by atoms with Crippen molar-refractivity contribution in [1.29, 1.82) is 0 Å². The molecule has 7 heteroatoms. The first-order valence-corrected chi connectivity index (χ1v) is 6.56. The van der Waals surface area contributed by atoms with Crippen LogP contribution in [0.25, 0.3) is 0 Å². The van der Waals surface area contributed by atoms with E-state index in [1.807, 2.05) is 0 Å². The molecule has 1 rings (SSSR count). The maximum atomic E-state index is 13.6. The standard InChI is InChI=1S/C14H20FN3O3/c1-9(13(19)17-14(20)16-2)18(3)8-10-5-6-12(21-4)11(15)7-10/h5-7,9H,8H2,1-4H3,(H2,16,17,19,20)/p+1/t9-/m0/s1. The maximum Gasteiger partial charge on any atom is 0.321 e. The number of methoxy groups -OCH3 is 1. The van der Waals surface area contributed by atoms with Gasteiger partial charge in [0.1, 0.15) is 6.54 Å². The van der Waals surface area contributed by atoms with E-state index in [0.717, 1.165) is 10.5 Å². The number of nitrogens with one attached hydrogen (secondary N) is 3. The lowest BCUT2D eigenvalue weighted by Gasteiger charge is -2.20. The Morgan fingerprint density at radius 1 is 1.43 bits per heavy atom. The minimum atomic E-state index is -0.546. The number of likely N-dealkylation sites (N-methyl/N-ethyl adjacent to an activating group) is 1. The van der Waals surface area contributed by atoms with Crippen LogP contribution in [-0.2, 0) is 11.3 Å². The first kappa shape index (κ1) is 16.9. The van der Waals surface area contributed by atoms with Crippen LogP contribution in [0.4, 0.5) is 9.18 Å². The summed E-state index contributed by atoms with van der Waals surface area (Å²) in [6.07, 6.45) is 0. The van der Waals surface area contributed by atoms with E-state index in [2.05, 4.69) is 10.6 Å². The normalized spacial score (nSPS) is 13.2. The average molecular weight is 298 g/mol. The predicted molar refractivity (Wildman–Crippen MR) is 75.6 cm³/mol. The van der Waals surface area contributed by atoms with Crippen LogP contribution in [0.2, 0.25) is 0 Å². The van der Waals surface area contributed by atoms with Gasteiger partial charge in [-0.3, -0.25) is 10.1 Å². The molecule has 0 saturated heterocycles. The molecule has 3 N–H and O–H groups in total. The molecule has 0 fully saturated rings. The van der Waals surface area contributed by atoms with Gasteiger partial charge in [-0.1, -0.05) is 0 Å². The Morgan fingerprint density at radius 3 is 2.62 bits per heavy atom. The van der Waals surface area contributed by atoms with Crippen molar-refractivity contribution in [3.05, 3.63) is 29.6 Å². The summed E-state index contributed by atoms with van der Waals surface area (Å²) in [5.74, 6) is -0.645. The molecule has 2 atom stereocenters. The van der Waals surface area contributed by atoms with Gasteiger partial charge in [-0.15, -0.1) is 0 Å². The topological polar surface area (TPSA) is 71.9 Å². The van der Waals surface area contributed by atoms with Gasteiger partial charge in [-0.05, 0) is 25.1 Å². The quantitative estimate of drug-likeness (QED) is 0.698. The number of benzene rings is 1. The van der Waals surface area contributed by atoms with Crippen molar-refractivity contribution in [2.75, 3.05) is 21.2 Å². The van der Waals surface area contributed by atoms with Gasteiger partial charge in [0.2, 0.25) is 0 Å². The molecule has 0 bridgehead atoms. The first-order chi connectivity index (χ1) is 9.88. The van der Waals surface area contributed by atoms with Gasteiger partial charge in [0.25, 0.3) is 5.91 Å². The summed E-state index contributed by atoms with van der Waals surface area (Å²) in [5, 5.41) is 4.54. The second kappa shape index (κ2) is 7.58. The van der Waals surface area contributed by atoms with E-state index < -0.39 is 17.9 Å². The molecular weight excluding hydrogens is 277 g/mol. The number of rotatable bonds is 5. The van der Waals surface area contributed by atoms with E-state index in [9.17, 15) is 14.0 Å². The van der Waals surface area contributed by atoms with E-state index in [1.165, 1.54) is 20.2 Å². The number of halogens is 1. The number of amides is 3. The Morgan fingerprint density at radius 2 is 2.10 bits per heavy atom. The summed E-state index contributed by atoms with van der Waals surface area (Å²) < 4.78 is 18.5. The largest absolute Gasteiger partial charge is 0.494 e. The van der Waals surface area contributed by atoms with Crippen LogP contribution in [0.1, 0.15) is 12.5 Å². The summed E-state index contributed by atoms with van der Waals surface area (Å²) in [7, 11) is 4.64. The summed E-state index contributed by atoms with van der Waals surface area (Å²) >= 11 is 0. The van der Waals surface area contributed by atoms with E-state index in [4.69, 9.17) is 4.74 Å². The highest BCUT2D eigenvalue weighted by Gasteiger charge is 2.23. The van der Waals surface area contributed by atoms with Crippen LogP contribution in [0.15, 0.2) is 18.2 Å². The number of urea groups is 1. The summed E-state index contributed by atoms with van der Waals surface area (Å²) in [5.41, 5.74) is 0.741. The number of hydrogen-bond acceptors (Lipinski definition) is 3. The molecule has 0 aliphatic rings. The molecule has 116 valence electrons. The third-order valence-electron chi connectivity index (χ3n) is 3.30. The number of hydrogen-bond donors (Lipinski definition) is 3. The summed E-state index contributed by atoms with van der Waals surface area (Å²) in [6, 6.07) is 3.68. The van der Waals surface area contributed by atoms with E-state index in [-0.39, 0.29) is 11.7 Å². The second-order valence-corrected chi connectivity index (χ2v) is 4.78. The SMILES string of the molecule is CNC(=O)NC(=O)[C@H](C)[NH+](C)Cc1ccc(OC)c(F)c1. The van der Waals surface area contributed by atoms with Gasteiger partial charge in [0, 0.05) is 12.6 Å². The first-order valence-electron chi connectivity index (χ1n) is 6.56. The van der Waals surface area contributed by atoms with Gasteiger partial charge in [-0.25, -0.2) is 9.18 Å². The van der Waals surface area contributed by atoms with Crippen LogP contribution in [-0.4, -0.2) is 39.2 Å². The lowest BCUT2D eigenvalue weighted by atomic mass is 10.1. The molecule has 21 heavy (non-hydrogen) atoms. The Kier molecular flexibility index (Phi) is 6.10. The highest BCUT2D eigenvalue weighted by Crippen LogP contribution is 2.17. The Labute approximate surface area is 123 Å². The van der Waals surface area contributed by atoms with E-state index in [0.29, 0.717) is 6.54 Å². The number of carbonyl (C=O) groups is 2. The van der Waals surface area contributed by atoms with Crippen LogP contribution in [0.5, 0.6) is 5.75 Å². The molecular formula is C14H21FN3O3+. The molecule has 0 aliphatic heterocycles. The van der Waals surface area contributed by atoms with Crippen LogP contribution >= 0.6 is 0 Å². The third kappa shape index (κ3) is 4.71. The second-order valence-electron chi connectivity index (χ2n) is 4.78. The lowest BCUT2D eigenvalue weighted by Crippen LogP contribution is -3.12. The minimum absolute atomic E-state index is 0.182. The highest BCUT2D eigenvalue weighted by atomic mass is 19.1. The average Bonchev–Trinajstić information content (AvgIpc) is 2.46. The molecule has 0 aliphatic carbocycles. The number of imide groups is 1. The predicted octanol–water partition coefficient (Wildman–Crippen LogP) is -0.307. The van der Waals surface area contributed by atoms with E-state index >= 15 is 0 Å². The van der Waals surface area contributed by atoms with Crippen LogP contribution in [0, 0.1) is 5.82 Å². The van der Waals surface area contributed by atoms with Crippen LogP contribution < -0.4 is 20.3 Å². The molecule has 6 nitrogen and oxygen atoms in total. The van der Waals surface area contributed by atoms with Crippen LogP contribution in [0.3, 0.4) is 0 Å². The van der Waals surface area contributed by atoms with Crippen molar-refractivity contribution in [3.8, 4) is 5.75 Å². The Balaban J connectivity index is 2.67. The van der Waals surface area contributed by atoms with Crippen molar-refractivity contribution >= 4 is 11.9 Å². The minimum Gasteiger partial charge on any atom is -0.494 e. The molecule has 3 amide bonds. The van der Waals surface area contributed by atoms with Crippen molar-refractivity contribution < 1.29 is 23.6 Å². The third-order valence-corrected chi connectivity index (χ3v) is 3.30. The molecule has 1 aromatic rings. The fraction of sp³-hybridized carbons (Fsp3) is 0.429. The fourth-order valence-corrected chi connectivity index (χ4v) is 1.80. The van der Waals surface area contributed by atoms with Gasteiger partial charge < -0.3 is 15.0 Å². The zero-order valence-corrected chi connectivity index (χ0v) is 12.6. The molecule has 0 heterocycles. The van der Waals surface area contributed by atoms with Crippen molar-refractivity contribution in [2.24, 2.45) is 0 Å². The zero-order chi connectivity index (χ0) is 16.0. The smallest absolute Gasteiger partial charge is 0.321 e. The van der Waals surface area contributed by atoms with Crippen molar-refractivity contribution in [3.63, 3.8) is 0 Å². The lowest BCUT2D eigenvalue weighted by molar-refractivity contribution is -0.908. The molecule has 0 radical (unpaired) electrons. The summed E-state index contributed by atoms with van der Waals surface area (Å²) in [4.78, 5) is 23.8. The van der Waals surface area contributed by atoms with Crippen molar-refractivity contribution in [2.45, 2.75) is 19.5 Å². The zero-order valence-electron chi connectivity index (χ0n) is 12.6. The van der Waals surface area contributed by atoms with Gasteiger partial charge >= 0.3 is 6.03 Å². The van der Waals surface area contributed by atoms with Crippen molar-refractivity contribution in [1.82, 2.24) is 10.6 Å². The fourth-order valence-electron chi connectivity index (χ4n) is 1.80. The maximum absolute atomic E-state index is 13.6. The number of carbonyl (C=O) groups excluding carboxylic acids is 2. The highest BCUT2D eigenvalue weighted by molar-refractivity contribution is 5.96.